The number of anilines is 9. The largest absolute Gasteiger partial charge is 0.310 e. The Bertz CT molecular complexity index is 3830. The molecule has 0 saturated heterocycles. The van der Waals surface area contributed by atoms with E-state index in [1.165, 1.54) is 0 Å². The molecule has 2 heterocycles. The smallest absolute Gasteiger partial charge is 0.252 e. The summed E-state index contributed by atoms with van der Waals surface area (Å²) in [5, 5.41) is 0. The van der Waals surface area contributed by atoms with E-state index in [-0.39, 0.29) is 18.3 Å². The number of fused-ring (bicyclic) bond motifs is 4. The van der Waals surface area contributed by atoms with Gasteiger partial charge in [0.2, 0.25) is 0 Å². The first-order valence-corrected chi connectivity index (χ1v) is 24.8. The molecule has 2 aliphatic heterocycles. The van der Waals surface area contributed by atoms with Crippen LogP contribution in [0.25, 0.3) is 44.5 Å². The van der Waals surface area contributed by atoms with Gasteiger partial charge in [0.15, 0.2) is 0 Å². The van der Waals surface area contributed by atoms with Crippen LogP contribution in [-0.4, -0.2) is 6.71 Å². The molecule has 0 fully saturated rings. The van der Waals surface area contributed by atoms with Crippen LogP contribution in [-0.2, 0) is 0 Å². The molecule has 11 aromatic rings. The van der Waals surface area contributed by atoms with Crippen molar-refractivity contribution in [3.8, 4) is 44.5 Å². The number of halogens is 2. The van der Waals surface area contributed by atoms with Gasteiger partial charge in [0.25, 0.3) is 6.71 Å². The highest BCUT2D eigenvalue weighted by atomic mass is 19.1. The molecule has 2 aliphatic rings. The number of benzene rings is 11. The van der Waals surface area contributed by atoms with Crippen LogP contribution in [0.1, 0.15) is 5.56 Å². The van der Waals surface area contributed by atoms with E-state index in [9.17, 15) is 0 Å². The van der Waals surface area contributed by atoms with E-state index in [0.717, 1.165) is 107 Å². The minimum absolute atomic E-state index is 0.234. The SMILES string of the molecule is Cc1cc2c3c(c1)N(c1c(-c4ccccc4)cccc1-c1ccccc1F)c1cc(N(c4ccccc4)c4ccccc4)ccc1B3c1ccccc1N2c1c(-c2ccccc2)cccc1-c1ccccc1F. The molecular weight excluding hydrogens is 896 g/mol. The van der Waals surface area contributed by atoms with E-state index in [1.54, 1.807) is 24.3 Å². The Morgan fingerprint density at radius 1 is 0.329 bits per heavy atom. The maximum absolute atomic E-state index is 16.7. The minimum atomic E-state index is -0.304. The van der Waals surface area contributed by atoms with E-state index < -0.39 is 0 Å². The number of nitrogens with zero attached hydrogens (tertiary/aromatic N) is 3. The predicted octanol–water partition coefficient (Wildman–Crippen LogP) is 16.5. The summed E-state index contributed by atoms with van der Waals surface area (Å²) in [6.45, 7) is 1.92. The van der Waals surface area contributed by atoms with Crippen LogP contribution in [0.3, 0.4) is 0 Å². The average molecular weight is 942 g/mol. The van der Waals surface area contributed by atoms with Gasteiger partial charge in [-0.25, -0.2) is 8.78 Å². The third kappa shape index (κ3) is 7.41. The monoisotopic (exact) mass is 941 g/mol. The summed E-state index contributed by atoms with van der Waals surface area (Å²) in [4.78, 5) is 7.09. The molecule has 0 saturated carbocycles. The van der Waals surface area contributed by atoms with Gasteiger partial charge >= 0.3 is 0 Å². The van der Waals surface area contributed by atoms with Crippen molar-refractivity contribution >= 4 is 74.3 Å². The Hall–Kier alpha value is -9.26. The van der Waals surface area contributed by atoms with E-state index in [2.05, 4.69) is 191 Å². The van der Waals surface area contributed by atoms with Crippen LogP contribution in [0.15, 0.2) is 261 Å². The van der Waals surface area contributed by atoms with Crippen LogP contribution < -0.4 is 31.1 Å². The maximum atomic E-state index is 16.7. The van der Waals surface area contributed by atoms with Gasteiger partial charge < -0.3 is 14.7 Å². The van der Waals surface area contributed by atoms with Gasteiger partial charge in [0.05, 0.1) is 11.4 Å². The van der Waals surface area contributed by atoms with Gasteiger partial charge in [-0.2, -0.15) is 0 Å². The molecule has 0 unspecified atom stereocenters. The van der Waals surface area contributed by atoms with Crippen molar-refractivity contribution in [1.82, 2.24) is 0 Å². The molecule has 0 N–H and O–H groups in total. The summed E-state index contributed by atoms with van der Waals surface area (Å²) in [7, 11) is 0. The fourth-order valence-electron chi connectivity index (χ4n) is 11.4. The number of para-hydroxylation sites is 5. The number of aryl methyl sites for hydroxylation is 1. The van der Waals surface area contributed by atoms with Gasteiger partial charge in [0.1, 0.15) is 11.6 Å². The molecule has 13 rings (SSSR count). The quantitative estimate of drug-likeness (QED) is 0.134. The first-order chi connectivity index (χ1) is 36.0. The van der Waals surface area contributed by atoms with Gasteiger partial charge in [-0.3, -0.25) is 0 Å². The van der Waals surface area contributed by atoms with Crippen molar-refractivity contribution in [1.29, 1.82) is 0 Å². The maximum Gasteiger partial charge on any atom is 0.252 e. The second kappa shape index (κ2) is 18.2. The lowest BCUT2D eigenvalue weighted by Gasteiger charge is -2.46. The normalized spacial score (nSPS) is 12.2. The van der Waals surface area contributed by atoms with E-state index >= 15 is 8.78 Å². The molecule has 3 nitrogen and oxygen atoms in total. The second-order valence-electron chi connectivity index (χ2n) is 18.7. The fourth-order valence-corrected chi connectivity index (χ4v) is 11.4. The Labute approximate surface area is 425 Å². The number of hydrogen-bond acceptors (Lipinski definition) is 3. The van der Waals surface area contributed by atoms with Crippen molar-refractivity contribution in [3.05, 3.63) is 278 Å². The Morgan fingerprint density at radius 2 is 0.740 bits per heavy atom. The zero-order valence-electron chi connectivity index (χ0n) is 40.0. The van der Waals surface area contributed by atoms with Crippen LogP contribution in [0, 0.1) is 18.6 Å². The highest BCUT2D eigenvalue weighted by Gasteiger charge is 2.45. The predicted molar refractivity (Wildman–Crippen MR) is 302 cm³/mol. The molecule has 0 aliphatic carbocycles. The van der Waals surface area contributed by atoms with Crippen molar-refractivity contribution in [2.24, 2.45) is 0 Å². The van der Waals surface area contributed by atoms with Crippen molar-refractivity contribution < 1.29 is 8.78 Å². The molecule has 346 valence electrons. The van der Waals surface area contributed by atoms with Crippen LogP contribution in [0.2, 0.25) is 0 Å². The molecular formula is C67H46BF2N3. The van der Waals surface area contributed by atoms with Crippen molar-refractivity contribution in [2.45, 2.75) is 6.92 Å². The zero-order valence-corrected chi connectivity index (χ0v) is 40.0. The number of hydrogen-bond donors (Lipinski definition) is 0. The summed E-state index contributed by atoms with van der Waals surface area (Å²) in [6, 6.07) is 88.6. The van der Waals surface area contributed by atoms with Crippen LogP contribution >= 0.6 is 0 Å². The lowest BCUT2D eigenvalue weighted by atomic mass is 9.33. The van der Waals surface area contributed by atoms with Gasteiger partial charge in [0, 0.05) is 73.2 Å². The van der Waals surface area contributed by atoms with Gasteiger partial charge in [-0.05, 0) is 107 Å². The second-order valence-corrected chi connectivity index (χ2v) is 18.7. The third-order valence-corrected chi connectivity index (χ3v) is 14.4. The van der Waals surface area contributed by atoms with Crippen LogP contribution in [0.5, 0.6) is 0 Å². The van der Waals surface area contributed by atoms with Gasteiger partial charge in [-0.1, -0.05) is 194 Å². The van der Waals surface area contributed by atoms with Crippen molar-refractivity contribution in [2.75, 3.05) is 14.7 Å². The Balaban J connectivity index is 1.17. The minimum Gasteiger partial charge on any atom is -0.310 e. The highest BCUT2D eigenvalue weighted by Crippen LogP contribution is 2.53. The molecule has 0 aromatic heterocycles. The fraction of sp³-hybridized carbons (Fsp3) is 0.0149. The molecule has 0 spiro atoms. The van der Waals surface area contributed by atoms with E-state index in [4.69, 9.17) is 0 Å². The highest BCUT2D eigenvalue weighted by molar-refractivity contribution is 7.00. The standard InChI is InChI=1S/C67H46BF2N3/c1-45-42-63-65-64(43-45)73(67-52(47-24-8-3-9-25-47)33-21-35-56(67)54-31-15-18-38-60(54)70)62-44-50(71(48-26-10-4-11-27-48)49-28-12-5-13-29-49)40-41-58(62)68(65)57-36-16-19-39-61(57)72(63)66-51(46-22-6-2-7-23-46)32-20-34-55(66)53-30-14-17-37-59(53)69/h2-44H,1H3. The molecule has 0 amide bonds. The summed E-state index contributed by atoms with van der Waals surface area (Å²) in [6.07, 6.45) is 0. The lowest BCUT2D eigenvalue weighted by Crippen LogP contribution is -2.61. The third-order valence-electron chi connectivity index (χ3n) is 14.4. The van der Waals surface area contributed by atoms with E-state index in [0.29, 0.717) is 11.1 Å². The molecule has 11 aromatic carbocycles. The summed E-state index contributed by atoms with van der Waals surface area (Å²) < 4.78 is 33.1. The molecule has 0 atom stereocenters. The summed E-state index contributed by atoms with van der Waals surface area (Å²) >= 11 is 0. The lowest BCUT2D eigenvalue weighted by molar-refractivity contribution is 0.631. The Morgan fingerprint density at radius 3 is 1.26 bits per heavy atom. The first kappa shape index (κ1) is 43.7. The molecule has 6 heteroatoms. The first-order valence-electron chi connectivity index (χ1n) is 24.8. The van der Waals surface area contributed by atoms with Crippen LogP contribution in [0.4, 0.5) is 60.0 Å². The topological polar surface area (TPSA) is 9.72 Å². The molecule has 0 bridgehead atoms. The average Bonchev–Trinajstić information content (AvgIpc) is 3.45. The van der Waals surface area contributed by atoms with Crippen molar-refractivity contribution in [3.63, 3.8) is 0 Å². The molecule has 73 heavy (non-hydrogen) atoms. The Kier molecular flexibility index (Phi) is 10.9. The molecule has 0 radical (unpaired) electrons. The zero-order chi connectivity index (χ0) is 49.0. The summed E-state index contributed by atoms with van der Waals surface area (Å²) in [5.74, 6) is -0.598. The number of rotatable bonds is 9. The summed E-state index contributed by atoms with van der Waals surface area (Å²) in [5.41, 5.74) is 19.5. The van der Waals surface area contributed by atoms with E-state index in [1.807, 2.05) is 66.7 Å². The van der Waals surface area contributed by atoms with Gasteiger partial charge in [-0.15, -0.1) is 0 Å².